The van der Waals surface area contributed by atoms with Crippen LogP contribution >= 0.6 is 23.2 Å². The van der Waals surface area contributed by atoms with E-state index in [9.17, 15) is 13.2 Å². The van der Waals surface area contributed by atoms with E-state index in [1.807, 2.05) is 30.3 Å². The summed E-state index contributed by atoms with van der Waals surface area (Å²) in [7, 11) is -3.84. The summed E-state index contributed by atoms with van der Waals surface area (Å²) in [4.78, 5) is 15.1. The number of hydrogen-bond donors (Lipinski definition) is 2. The Morgan fingerprint density at radius 2 is 1.89 bits per heavy atom. The molecule has 1 aliphatic carbocycles. The lowest BCUT2D eigenvalue weighted by atomic mass is 9.95. The van der Waals surface area contributed by atoms with E-state index < -0.39 is 16.0 Å². The molecule has 0 bridgehead atoms. The van der Waals surface area contributed by atoms with Crippen LogP contribution in [-0.4, -0.2) is 30.5 Å². The lowest BCUT2D eigenvalue weighted by molar-refractivity contribution is -0.137. The molecule has 4 rings (SSSR count). The van der Waals surface area contributed by atoms with Gasteiger partial charge in [-0.15, -0.1) is 0 Å². The molecule has 182 valence electrons. The minimum absolute atomic E-state index is 0.0357. The number of nitrogens with one attached hydrogen (secondary N) is 1. The first-order chi connectivity index (χ1) is 16.7. The van der Waals surface area contributed by atoms with Gasteiger partial charge in [0.2, 0.25) is 10.0 Å². The van der Waals surface area contributed by atoms with Gasteiger partial charge in [-0.3, -0.25) is 9.78 Å². The molecule has 2 aromatic carbocycles. The second-order valence-electron chi connectivity index (χ2n) is 8.43. The minimum Gasteiger partial charge on any atom is -0.481 e. The molecule has 0 aliphatic heterocycles. The average molecular weight is 531 g/mol. The Hall–Kier alpha value is -2.71. The molecule has 35 heavy (non-hydrogen) atoms. The summed E-state index contributed by atoms with van der Waals surface area (Å²) < 4.78 is 28.7. The number of carboxylic acid groups (broad SMARTS) is 1. The topological polar surface area (TPSA) is 96.4 Å². The van der Waals surface area contributed by atoms with Crippen LogP contribution in [0.2, 0.25) is 10.0 Å². The maximum absolute atomic E-state index is 13.0. The highest BCUT2D eigenvalue weighted by Crippen LogP contribution is 2.31. The number of benzene rings is 2. The highest BCUT2D eigenvalue weighted by atomic mass is 35.5. The molecule has 0 radical (unpaired) electrons. The van der Waals surface area contributed by atoms with Crippen molar-refractivity contribution >= 4 is 44.8 Å². The Morgan fingerprint density at radius 3 is 2.63 bits per heavy atom. The van der Waals surface area contributed by atoms with Gasteiger partial charge in [0, 0.05) is 35.4 Å². The molecule has 1 heterocycles. The van der Waals surface area contributed by atoms with Crippen molar-refractivity contribution in [1.29, 1.82) is 0 Å². The summed E-state index contributed by atoms with van der Waals surface area (Å²) in [5.74, 6) is -0.814. The molecule has 1 atom stereocenters. The number of sulfonamides is 1. The second kappa shape index (κ2) is 10.9. The Kier molecular flexibility index (Phi) is 7.91. The average Bonchev–Trinajstić information content (AvgIpc) is 3.21. The van der Waals surface area contributed by atoms with Gasteiger partial charge in [0.05, 0.1) is 5.02 Å². The SMILES string of the molecule is O=C(O)CCCC=C(c1cccnc1)c1ccc2c(c1)CC(NS(=O)(=O)c1cc(Cl)ccc1Cl)C2. The Morgan fingerprint density at radius 1 is 1.09 bits per heavy atom. The molecule has 0 spiro atoms. The van der Waals surface area contributed by atoms with Crippen LogP contribution in [0.25, 0.3) is 5.57 Å². The number of pyridine rings is 1. The van der Waals surface area contributed by atoms with E-state index in [2.05, 4.69) is 15.8 Å². The fourth-order valence-electron chi connectivity index (χ4n) is 4.26. The van der Waals surface area contributed by atoms with E-state index in [0.29, 0.717) is 30.7 Å². The van der Waals surface area contributed by atoms with Gasteiger partial charge in [-0.25, -0.2) is 13.1 Å². The van der Waals surface area contributed by atoms with Crippen LogP contribution in [0.1, 0.15) is 41.5 Å². The van der Waals surface area contributed by atoms with Gasteiger partial charge in [0.1, 0.15) is 4.90 Å². The second-order valence-corrected chi connectivity index (χ2v) is 11.0. The monoisotopic (exact) mass is 530 g/mol. The lowest BCUT2D eigenvalue weighted by Gasteiger charge is -2.14. The number of fused-ring (bicyclic) bond motifs is 1. The number of aliphatic carboxylic acids is 1. The number of aromatic nitrogens is 1. The van der Waals surface area contributed by atoms with Gasteiger partial charge in [-0.1, -0.05) is 53.5 Å². The fraction of sp³-hybridized carbons (Fsp3) is 0.231. The van der Waals surface area contributed by atoms with Gasteiger partial charge in [0.25, 0.3) is 0 Å². The third-order valence-corrected chi connectivity index (χ3v) is 8.11. The van der Waals surface area contributed by atoms with Crippen molar-refractivity contribution in [1.82, 2.24) is 9.71 Å². The van der Waals surface area contributed by atoms with Crippen LogP contribution < -0.4 is 4.72 Å². The largest absolute Gasteiger partial charge is 0.481 e. The predicted octanol–water partition coefficient (Wildman–Crippen LogP) is 5.52. The van der Waals surface area contributed by atoms with E-state index in [0.717, 1.165) is 27.8 Å². The molecule has 1 aromatic heterocycles. The number of hydrogen-bond acceptors (Lipinski definition) is 4. The molecule has 6 nitrogen and oxygen atoms in total. The third kappa shape index (κ3) is 6.30. The first-order valence-electron chi connectivity index (χ1n) is 11.1. The zero-order chi connectivity index (χ0) is 25.0. The predicted molar refractivity (Wildman–Crippen MR) is 137 cm³/mol. The van der Waals surface area contributed by atoms with E-state index in [1.165, 1.54) is 12.1 Å². The van der Waals surface area contributed by atoms with Crippen molar-refractivity contribution < 1.29 is 18.3 Å². The normalized spacial score (nSPS) is 15.7. The molecule has 2 N–H and O–H groups in total. The first kappa shape index (κ1) is 25.4. The van der Waals surface area contributed by atoms with E-state index >= 15 is 0 Å². The summed E-state index contributed by atoms with van der Waals surface area (Å²) in [6, 6.07) is 14.0. The first-order valence-corrected chi connectivity index (χ1v) is 13.4. The van der Waals surface area contributed by atoms with Crippen LogP contribution in [-0.2, 0) is 27.7 Å². The standard InChI is InChI=1S/C26H24Cl2N2O4S/c27-21-9-10-24(28)25(15-21)35(33,34)30-22-13-17-7-8-18(12-20(17)14-22)23(5-1-2-6-26(31)32)19-4-3-11-29-16-19/h3-5,7-12,15-16,22,30H,1-2,6,13-14H2,(H,31,32). The maximum atomic E-state index is 13.0. The van der Waals surface area contributed by atoms with E-state index in [-0.39, 0.29) is 22.4 Å². The number of carbonyl (C=O) groups is 1. The highest BCUT2D eigenvalue weighted by molar-refractivity contribution is 7.89. The molecule has 0 amide bonds. The summed E-state index contributed by atoms with van der Waals surface area (Å²) >= 11 is 12.1. The Balaban J connectivity index is 1.55. The van der Waals surface area contributed by atoms with Crippen molar-refractivity contribution in [3.63, 3.8) is 0 Å². The summed E-state index contributed by atoms with van der Waals surface area (Å²) in [6.07, 6.45) is 7.91. The Labute approximate surface area is 214 Å². The smallest absolute Gasteiger partial charge is 0.303 e. The van der Waals surface area contributed by atoms with Gasteiger partial charge < -0.3 is 5.11 Å². The zero-order valence-corrected chi connectivity index (χ0v) is 21.1. The molecule has 0 fully saturated rings. The highest BCUT2D eigenvalue weighted by Gasteiger charge is 2.28. The number of rotatable bonds is 9. The van der Waals surface area contributed by atoms with E-state index in [4.69, 9.17) is 28.3 Å². The van der Waals surface area contributed by atoms with Gasteiger partial charge in [-0.05, 0) is 72.2 Å². The zero-order valence-electron chi connectivity index (χ0n) is 18.7. The van der Waals surface area contributed by atoms with Crippen molar-refractivity contribution in [2.45, 2.75) is 43.0 Å². The molecule has 9 heteroatoms. The number of allylic oxidation sites excluding steroid dienone is 1. The number of unbranched alkanes of at least 4 members (excludes halogenated alkanes) is 1. The summed E-state index contributed by atoms with van der Waals surface area (Å²) in [5.41, 5.74) is 5.03. The molecular weight excluding hydrogens is 507 g/mol. The number of carboxylic acids is 1. The fourth-order valence-corrected chi connectivity index (χ4v) is 6.26. The van der Waals surface area contributed by atoms with Crippen molar-refractivity contribution in [3.05, 3.63) is 99.3 Å². The van der Waals surface area contributed by atoms with Gasteiger partial charge in [-0.2, -0.15) is 0 Å². The minimum atomic E-state index is -3.84. The Bertz CT molecular complexity index is 1380. The van der Waals surface area contributed by atoms with Crippen molar-refractivity contribution in [2.24, 2.45) is 0 Å². The third-order valence-electron chi connectivity index (χ3n) is 5.87. The summed E-state index contributed by atoms with van der Waals surface area (Å²) in [5, 5.41) is 9.35. The number of halogens is 2. The van der Waals surface area contributed by atoms with Gasteiger partial charge in [0.15, 0.2) is 0 Å². The van der Waals surface area contributed by atoms with Crippen LogP contribution in [0.5, 0.6) is 0 Å². The molecular formula is C26H24Cl2N2O4S. The lowest BCUT2D eigenvalue weighted by Crippen LogP contribution is -2.35. The molecule has 0 saturated heterocycles. The number of nitrogens with zero attached hydrogens (tertiary/aromatic N) is 1. The summed E-state index contributed by atoms with van der Waals surface area (Å²) in [6.45, 7) is 0. The molecule has 1 unspecified atom stereocenters. The molecule has 0 saturated carbocycles. The maximum Gasteiger partial charge on any atom is 0.303 e. The van der Waals surface area contributed by atoms with Crippen LogP contribution in [0.3, 0.4) is 0 Å². The van der Waals surface area contributed by atoms with Crippen LogP contribution in [0, 0.1) is 0 Å². The van der Waals surface area contributed by atoms with Crippen molar-refractivity contribution in [2.75, 3.05) is 0 Å². The van der Waals surface area contributed by atoms with Crippen molar-refractivity contribution in [3.8, 4) is 0 Å². The molecule has 1 aliphatic rings. The van der Waals surface area contributed by atoms with E-state index in [1.54, 1.807) is 18.5 Å². The molecule has 3 aromatic rings. The van der Waals surface area contributed by atoms with Crippen LogP contribution in [0.15, 0.2) is 71.9 Å². The van der Waals surface area contributed by atoms with Gasteiger partial charge >= 0.3 is 5.97 Å². The van der Waals surface area contributed by atoms with Crippen LogP contribution in [0.4, 0.5) is 0 Å². The quantitative estimate of drug-likeness (QED) is 0.355.